The van der Waals surface area contributed by atoms with E-state index in [2.05, 4.69) is 4.90 Å². The second-order valence-corrected chi connectivity index (χ2v) is 4.49. The van der Waals surface area contributed by atoms with Crippen LogP contribution in [-0.4, -0.2) is 32.6 Å². The van der Waals surface area contributed by atoms with Crippen molar-refractivity contribution >= 4 is 28.9 Å². The van der Waals surface area contributed by atoms with Gasteiger partial charge < -0.3 is 15.5 Å². The Hall–Kier alpha value is -1.26. The second kappa shape index (κ2) is 4.94. The van der Waals surface area contributed by atoms with Gasteiger partial charge in [0.25, 0.3) is 0 Å². The molecule has 0 saturated heterocycles. The molecule has 0 atom stereocenters. The van der Waals surface area contributed by atoms with Crippen LogP contribution in [0.2, 0.25) is 5.02 Å². The van der Waals surface area contributed by atoms with Crippen molar-refractivity contribution in [1.82, 2.24) is 0 Å². The van der Waals surface area contributed by atoms with E-state index in [1.807, 2.05) is 12.1 Å². The van der Waals surface area contributed by atoms with Gasteiger partial charge in [0.1, 0.15) is 0 Å². The van der Waals surface area contributed by atoms with Gasteiger partial charge in [-0.1, -0.05) is 17.7 Å². The fraction of sp³-hybridized carbons (Fsp3) is 0.417. The molecule has 1 heterocycles. The molecule has 0 radical (unpaired) electrons. The third-order valence-corrected chi connectivity index (χ3v) is 3.32. The first-order chi connectivity index (χ1) is 8.15. The van der Waals surface area contributed by atoms with Gasteiger partial charge in [-0.2, -0.15) is 0 Å². The molecule has 1 amide bonds. The number of carbonyl (C=O) groups excluding carboxylic acids is 1. The van der Waals surface area contributed by atoms with Gasteiger partial charge in [-0.3, -0.25) is 4.79 Å². The summed E-state index contributed by atoms with van der Waals surface area (Å²) in [6.07, 6.45) is 0.488. The molecule has 2 rings (SSSR count). The lowest BCUT2D eigenvalue weighted by atomic mass is 10.2. The highest BCUT2D eigenvalue weighted by molar-refractivity contribution is 6.34. The summed E-state index contributed by atoms with van der Waals surface area (Å²) < 4.78 is 0. The number of hydrogen-bond donors (Lipinski definition) is 1. The molecular weight excluding hydrogens is 238 g/mol. The van der Waals surface area contributed by atoms with Gasteiger partial charge in [0, 0.05) is 33.1 Å². The second-order valence-electron chi connectivity index (χ2n) is 4.09. The van der Waals surface area contributed by atoms with Gasteiger partial charge in [-0.15, -0.1) is 0 Å². The van der Waals surface area contributed by atoms with Crippen LogP contribution < -0.4 is 15.5 Å². The quantitative estimate of drug-likeness (QED) is 0.869. The minimum atomic E-state index is 0.0823. The van der Waals surface area contributed by atoms with E-state index in [0.717, 1.165) is 17.9 Å². The van der Waals surface area contributed by atoms with Crippen LogP contribution in [0, 0.1) is 0 Å². The van der Waals surface area contributed by atoms with E-state index in [-0.39, 0.29) is 5.91 Å². The lowest BCUT2D eigenvalue weighted by molar-refractivity contribution is -0.118. The summed E-state index contributed by atoms with van der Waals surface area (Å²) in [4.78, 5) is 15.6. The Labute approximate surface area is 106 Å². The third-order valence-electron chi connectivity index (χ3n) is 3.01. The Morgan fingerprint density at radius 2 is 2.24 bits per heavy atom. The van der Waals surface area contributed by atoms with E-state index in [4.69, 9.17) is 17.3 Å². The van der Waals surface area contributed by atoms with Crippen molar-refractivity contribution in [1.29, 1.82) is 0 Å². The van der Waals surface area contributed by atoms with Crippen molar-refractivity contribution in [2.75, 3.05) is 36.5 Å². The molecule has 5 heteroatoms. The lowest BCUT2D eigenvalue weighted by Gasteiger charge is -2.25. The van der Waals surface area contributed by atoms with Gasteiger partial charge in [-0.25, -0.2) is 0 Å². The maximum Gasteiger partial charge on any atom is 0.228 e. The summed E-state index contributed by atoms with van der Waals surface area (Å²) in [5.74, 6) is 0.0823. The summed E-state index contributed by atoms with van der Waals surface area (Å²) in [7, 11) is 1.76. The first-order valence-corrected chi connectivity index (χ1v) is 6.03. The summed E-state index contributed by atoms with van der Waals surface area (Å²) in [5.41, 5.74) is 7.37. The average Bonchev–Trinajstić information content (AvgIpc) is 2.43. The van der Waals surface area contributed by atoms with Gasteiger partial charge in [0.2, 0.25) is 5.91 Å². The minimum absolute atomic E-state index is 0.0823. The van der Waals surface area contributed by atoms with Crippen molar-refractivity contribution in [3.8, 4) is 0 Å². The van der Waals surface area contributed by atoms with Crippen LogP contribution in [0.15, 0.2) is 18.2 Å². The lowest BCUT2D eigenvalue weighted by Crippen LogP contribution is -2.30. The zero-order valence-electron chi connectivity index (χ0n) is 9.82. The van der Waals surface area contributed by atoms with Crippen molar-refractivity contribution < 1.29 is 4.79 Å². The van der Waals surface area contributed by atoms with Crippen LogP contribution in [0.3, 0.4) is 0 Å². The molecule has 1 aliphatic heterocycles. The Morgan fingerprint density at radius 1 is 1.47 bits per heavy atom. The largest absolute Gasteiger partial charge is 0.368 e. The average molecular weight is 254 g/mol. The number of benzene rings is 1. The number of nitrogens with zero attached hydrogens (tertiary/aromatic N) is 2. The van der Waals surface area contributed by atoms with Gasteiger partial charge in [0.05, 0.1) is 16.4 Å². The standard InChI is InChI=1S/C12H16ClN3O/c1-15-11(17)5-7-16(8-6-14)10-4-2-3-9(13)12(10)15/h2-4H,5-8,14H2,1H3. The first kappa shape index (κ1) is 12.2. The zero-order chi connectivity index (χ0) is 12.4. The number of rotatable bonds is 2. The SMILES string of the molecule is CN1C(=O)CCN(CCN)c2cccc(Cl)c21. The van der Waals surface area contributed by atoms with Crippen LogP contribution in [0.4, 0.5) is 11.4 Å². The Balaban J connectivity index is 2.50. The molecule has 0 unspecified atom stereocenters. The maximum atomic E-state index is 11.9. The smallest absolute Gasteiger partial charge is 0.228 e. The highest BCUT2D eigenvalue weighted by Crippen LogP contribution is 2.37. The number of amides is 1. The van der Waals surface area contributed by atoms with E-state index in [0.29, 0.717) is 24.5 Å². The molecule has 0 saturated carbocycles. The number of fused-ring (bicyclic) bond motifs is 1. The fourth-order valence-electron chi connectivity index (χ4n) is 2.12. The summed E-state index contributed by atoms with van der Waals surface area (Å²) in [6, 6.07) is 5.68. The normalized spacial score (nSPS) is 15.8. The molecule has 2 N–H and O–H groups in total. The van der Waals surface area contributed by atoms with Crippen LogP contribution in [0.25, 0.3) is 0 Å². The number of hydrogen-bond acceptors (Lipinski definition) is 3. The fourth-order valence-corrected chi connectivity index (χ4v) is 2.42. The number of nitrogens with two attached hydrogens (primary N) is 1. The molecule has 1 aliphatic rings. The summed E-state index contributed by atoms with van der Waals surface area (Å²) in [5, 5.41) is 0.599. The van der Waals surface area contributed by atoms with Crippen LogP contribution in [-0.2, 0) is 4.79 Å². The molecule has 0 spiro atoms. The van der Waals surface area contributed by atoms with Crippen molar-refractivity contribution in [3.63, 3.8) is 0 Å². The van der Waals surface area contributed by atoms with E-state index >= 15 is 0 Å². The van der Waals surface area contributed by atoms with E-state index < -0.39 is 0 Å². The van der Waals surface area contributed by atoms with Gasteiger partial charge in [0.15, 0.2) is 0 Å². The topological polar surface area (TPSA) is 49.6 Å². The summed E-state index contributed by atoms with van der Waals surface area (Å²) >= 11 is 6.19. The zero-order valence-corrected chi connectivity index (χ0v) is 10.6. The molecule has 1 aromatic rings. The number of halogens is 1. The van der Waals surface area contributed by atoms with Crippen molar-refractivity contribution in [2.24, 2.45) is 5.73 Å². The van der Waals surface area contributed by atoms with E-state index in [1.165, 1.54) is 0 Å². The van der Waals surface area contributed by atoms with Crippen LogP contribution in [0.1, 0.15) is 6.42 Å². The Morgan fingerprint density at radius 3 is 2.94 bits per heavy atom. The molecule has 0 bridgehead atoms. The predicted octanol–water partition coefficient (Wildman–Crippen LogP) is 1.47. The van der Waals surface area contributed by atoms with Crippen LogP contribution in [0.5, 0.6) is 0 Å². The highest BCUT2D eigenvalue weighted by Gasteiger charge is 2.24. The van der Waals surface area contributed by atoms with Crippen LogP contribution >= 0.6 is 11.6 Å². The minimum Gasteiger partial charge on any atom is -0.368 e. The number of carbonyl (C=O) groups is 1. The van der Waals surface area contributed by atoms with Crippen molar-refractivity contribution in [2.45, 2.75) is 6.42 Å². The maximum absolute atomic E-state index is 11.9. The Kier molecular flexibility index (Phi) is 3.54. The predicted molar refractivity (Wildman–Crippen MR) is 70.7 cm³/mol. The molecular formula is C12H16ClN3O. The van der Waals surface area contributed by atoms with E-state index in [1.54, 1.807) is 18.0 Å². The molecule has 1 aromatic carbocycles. The molecule has 0 aliphatic carbocycles. The third kappa shape index (κ3) is 2.23. The molecule has 4 nitrogen and oxygen atoms in total. The molecule has 17 heavy (non-hydrogen) atoms. The molecule has 92 valence electrons. The number of para-hydroxylation sites is 1. The van der Waals surface area contributed by atoms with Gasteiger partial charge >= 0.3 is 0 Å². The Bertz CT molecular complexity index is 436. The molecule has 0 fully saturated rings. The molecule has 0 aromatic heterocycles. The summed E-state index contributed by atoms with van der Waals surface area (Å²) in [6.45, 7) is 1.98. The number of anilines is 2. The highest BCUT2D eigenvalue weighted by atomic mass is 35.5. The van der Waals surface area contributed by atoms with Gasteiger partial charge in [-0.05, 0) is 12.1 Å². The monoisotopic (exact) mass is 253 g/mol. The van der Waals surface area contributed by atoms with E-state index in [9.17, 15) is 4.79 Å². The first-order valence-electron chi connectivity index (χ1n) is 5.65. The van der Waals surface area contributed by atoms with Crippen molar-refractivity contribution in [3.05, 3.63) is 23.2 Å².